The van der Waals surface area contributed by atoms with Crippen LogP contribution in [0.1, 0.15) is 53.6 Å². The third-order valence-electron chi connectivity index (χ3n) is 2.79. The largest absolute Gasteiger partial charge is 0.506 e. The summed E-state index contributed by atoms with van der Waals surface area (Å²) < 4.78 is 32.2. The minimum atomic E-state index is -3.01. The lowest BCUT2D eigenvalue weighted by Gasteiger charge is -2.13. The van der Waals surface area contributed by atoms with Gasteiger partial charge in [0, 0.05) is 12.5 Å². The van der Waals surface area contributed by atoms with Gasteiger partial charge in [-0.1, -0.05) is 26.2 Å². The van der Waals surface area contributed by atoms with E-state index in [1.54, 1.807) is 0 Å². The SMILES string of the molecule is CCCCCCC(F)(F)c1cc(O)c(C(=O)OC)s1. The third kappa shape index (κ3) is 4.16. The van der Waals surface area contributed by atoms with E-state index in [2.05, 4.69) is 4.74 Å². The van der Waals surface area contributed by atoms with Gasteiger partial charge in [0.1, 0.15) is 5.75 Å². The molecule has 1 aromatic rings. The Bertz CT molecular complexity index is 430. The Morgan fingerprint density at radius 2 is 2.11 bits per heavy atom. The number of ether oxygens (including phenoxy) is 1. The molecule has 0 saturated heterocycles. The summed E-state index contributed by atoms with van der Waals surface area (Å²) >= 11 is 0.588. The molecule has 0 amide bonds. The van der Waals surface area contributed by atoms with Crippen molar-refractivity contribution in [3.63, 3.8) is 0 Å². The third-order valence-corrected chi connectivity index (χ3v) is 4.00. The van der Waals surface area contributed by atoms with E-state index < -0.39 is 17.6 Å². The summed E-state index contributed by atoms with van der Waals surface area (Å²) in [5.74, 6) is -4.25. The summed E-state index contributed by atoms with van der Waals surface area (Å²) in [6.07, 6.45) is 2.82. The average molecular weight is 292 g/mol. The molecule has 108 valence electrons. The molecule has 0 aliphatic heterocycles. The molecular weight excluding hydrogens is 274 g/mol. The number of esters is 1. The molecule has 19 heavy (non-hydrogen) atoms. The molecule has 0 aliphatic rings. The van der Waals surface area contributed by atoms with Gasteiger partial charge in [0.25, 0.3) is 5.92 Å². The van der Waals surface area contributed by atoms with Crippen LogP contribution in [0.2, 0.25) is 0 Å². The van der Waals surface area contributed by atoms with Gasteiger partial charge in [0.05, 0.1) is 12.0 Å². The van der Waals surface area contributed by atoms with Gasteiger partial charge in [-0.15, -0.1) is 11.3 Å². The fourth-order valence-electron chi connectivity index (χ4n) is 1.70. The van der Waals surface area contributed by atoms with E-state index in [1.807, 2.05) is 6.92 Å². The number of rotatable bonds is 7. The molecular formula is C13H18F2O3S. The average Bonchev–Trinajstić information content (AvgIpc) is 2.77. The van der Waals surface area contributed by atoms with Crippen molar-refractivity contribution < 1.29 is 23.4 Å². The number of aromatic hydroxyl groups is 1. The molecule has 0 bridgehead atoms. The zero-order valence-corrected chi connectivity index (χ0v) is 11.9. The monoisotopic (exact) mass is 292 g/mol. The van der Waals surface area contributed by atoms with E-state index in [1.165, 1.54) is 0 Å². The van der Waals surface area contributed by atoms with Crippen molar-refractivity contribution >= 4 is 17.3 Å². The number of hydrogen-bond acceptors (Lipinski definition) is 4. The summed E-state index contributed by atoms with van der Waals surface area (Å²) in [5, 5.41) is 9.48. The Morgan fingerprint density at radius 3 is 2.68 bits per heavy atom. The van der Waals surface area contributed by atoms with Crippen LogP contribution in [0.15, 0.2) is 6.07 Å². The maximum absolute atomic E-state index is 13.9. The highest BCUT2D eigenvalue weighted by Gasteiger charge is 2.35. The van der Waals surface area contributed by atoms with Crippen LogP contribution in [0.5, 0.6) is 5.75 Å². The normalized spacial score (nSPS) is 11.6. The Labute approximate surface area is 115 Å². The van der Waals surface area contributed by atoms with Gasteiger partial charge in [-0.05, 0) is 6.42 Å². The summed E-state index contributed by atoms with van der Waals surface area (Å²) in [4.78, 5) is 10.8. The predicted octanol–water partition coefficient (Wildman–Crippen LogP) is 4.30. The first-order valence-corrected chi connectivity index (χ1v) is 7.03. The summed E-state index contributed by atoms with van der Waals surface area (Å²) in [7, 11) is 1.14. The molecule has 0 radical (unpaired) electrons. The molecule has 1 heterocycles. The standard InChI is InChI=1S/C13H18F2O3S/c1-3-4-5-6-7-13(14,15)10-8-9(16)11(19-10)12(17)18-2/h8,16H,3-7H2,1-2H3. The molecule has 1 aromatic heterocycles. The van der Waals surface area contributed by atoms with Gasteiger partial charge in [-0.25, -0.2) is 13.6 Å². The van der Waals surface area contributed by atoms with Crippen molar-refractivity contribution in [1.29, 1.82) is 0 Å². The van der Waals surface area contributed by atoms with Crippen LogP contribution in [-0.2, 0) is 10.7 Å². The van der Waals surface area contributed by atoms with Gasteiger partial charge in [-0.2, -0.15) is 0 Å². The number of carbonyl (C=O) groups excluding carboxylic acids is 1. The van der Waals surface area contributed by atoms with Gasteiger partial charge in [-0.3, -0.25) is 0 Å². The quantitative estimate of drug-likeness (QED) is 0.602. The van der Waals surface area contributed by atoms with Crippen LogP contribution in [-0.4, -0.2) is 18.2 Å². The van der Waals surface area contributed by atoms with E-state index in [9.17, 15) is 18.7 Å². The van der Waals surface area contributed by atoms with Crippen LogP contribution in [0, 0.1) is 0 Å². The van der Waals surface area contributed by atoms with Crippen LogP contribution < -0.4 is 0 Å². The van der Waals surface area contributed by atoms with Crippen molar-refractivity contribution in [2.75, 3.05) is 7.11 Å². The Kier molecular flexibility index (Phi) is 5.72. The number of carbonyl (C=O) groups is 1. The van der Waals surface area contributed by atoms with E-state index in [0.717, 1.165) is 32.4 Å². The topological polar surface area (TPSA) is 46.5 Å². The first-order valence-electron chi connectivity index (χ1n) is 6.21. The second-order valence-corrected chi connectivity index (χ2v) is 5.38. The minimum absolute atomic E-state index is 0.175. The second kappa shape index (κ2) is 6.84. The Balaban J connectivity index is 2.75. The van der Waals surface area contributed by atoms with Gasteiger partial charge >= 0.3 is 5.97 Å². The number of alkyl halides is 2. The van der Waals surface area contributed by atoms with Gasteiger partial charge < -0.3 is 9.84 Å². The zero-order valence-electron chi connectivity index (χ0n) is 11.0. The molecule has 3 nitrogen and oxygen atoms in total. The fourth-order valence-corrected chi connectivity index (χ4v) is 2.67. The lowest BCUT2D eigenvalue weighted by Crippen LogP contribution is -2.11. The maximum atomic E-state index is 13.9. The number of halogens is 2. The number of methoxy groups -OCH3 is 1. The van der Waals surface area contributed by atoms with E-state index in [-0.39, 0.29) is 16.2 Å². The summed E-state index contributed by atoms with van der Waals surface area (Å²) in [6, 6.07) is 0.955. The molecule has 0 fully saturated rings. The molecule has 0 aliphatic carbocycles. The van der Waals surface area contributed by atoms with Crippen molar-refractivity contribution in [2.24, 2.45) is 0 Å². The Morgan fingerprint density at radius 1 is 1.42 bits per heavy atom. The van der Waals surface area contributed by atoms with Crippen LogP contribution in [0.4, 0.5) is 8.78 Å². The van der Waals surface area contributed by atoms with Gasteiger partial charge in [0.15, 0.2) is 4.88 Å². The van der Waals surface area contributed by atoms with Crippen LogP contribution in [0.3, 0.4) is 0 Å². The molecule has 1 rings (SSSR count). The number of thiophene rings is 1. The molecule has 1 N–H and O–H groups in total. The van der Waals surface area contributed by atoms with E-state index >= 15 is 0 Å². The number of unbranched alkanes of at least 4 members (excludes halogenated alkanes) is 3. The highest BCUT2D eigenvalue weighted by atomic mass is 32.1. The maximum Gasteiger partial charge on any atom is 0.351 e. The smallest absolute Gasteiger partial charge is 0.351 e. The molecule has 0 spiro atoms. The summed E-state index contributed by atoms with van der Waals surface area (Å²) in [6.45, 7) is 2.01. The first-order chi connectivity index (χ1) is 8.92. The zero-order chi connectivity index (χ0) is 14.5. The predicted molar refractivity (Wildman–Crippen MR) is 70.0 cm³/mol. The molecule has 0 saturated carbocycles. The lowest BCUT2D eigenvalue weighted by atomic mass is 10.1. The van der Waals surface area contributed by atoms with Crippen molar-refractivity contribution in [2.45, 2.75) is 45.0 Å². The Hall–Kier alpha value is -1.17. The second-order valence-electron chi connectivity index (χ2n) is 4.33. The van der Waals surface area contributed by atoms with Gasteiger partial charge in [0.2, 0.25) is 0 Å². The van der Waals surface area contributed by atoms with E-state index in [0.29, 0.717) is 17.8 Å². The highest BCUT2D eigenvalue weighted by Crippen LogP contribution is 2.41. The molecule has 0 aromatic carbocycles. The van der Waals surface area contributed by atoms with Crippen molar-refractivity contribution in [1.82, 2.24) is 0 Å². The van der Waals surface area contributed by atoms with Crippen molar-refractivity contribution in [3.8, 4) is 5.75 Å². The minimum Gasteiger partial charge on any atom is -0.506 e. The van der Waals surface area contributed by atoms with Crippen molar-refractivity contribution in [3.05, 3.63) is 15.8 Å². The molecule has 0 unspecified atom stereocenters. The first kappa shape index (κ1) is 15.9. The van der Waals surface area contributed by atoms with Crippen LogP contribution in [0.25, 0.3) is 0 Å². The molecule has 6 heteroatoms. The lowest BCUT2D eigenvalue weighted by molar-refractivity contribution is -0.0121. The summed E-state index contributed by atoms with van der Waals surface area (Å²) in [5.41, 5.74) is 0. The van der Waals surface area contributed by atoms with E-state index in [4.69, 9.17) is 0 Å². The fraction of sp³-hybridized carbons (Fsp3) is 0.615. The number of hydrogen-bond donors (Lipinski definition) is 1. The highest BCUT2D eigenvalue weighted by molar-refractivity contribution is 7.14. The van der Waals surface area contributed by atoms with Crippen LogP contribution >= 0.6 is 11.3 Å². The molecule has 0 atom stereocenters.